The van der Waals surface area contributed by atoms with E-state index in [0.29, 0.717) is 17.3 Å². The molecule has 0 saturated carbocycles. The summed E-state index contributed by atoms with van der Waals surface area (Å²) in [5.74, 6) is 0.127. The highest BCUT2D eigenvalue weighted by molar-refractivity contribution is 5.93. The van der Waals surface area contributed by atoms with Crippen LogP contribution in [0.4, 0.5) is 11.4 Å². The van der Waals surface area contributed by atoms with Crippen LogP contribution in [-0.4, -0.2) is 35.3 Å². The Bertz CT molecular complexity index is 729. The molecule has 2 amide bonds. The normalized spacial score (nSPS) is 12.1. The van der Waals surface area contributed by atoms with Crippen molar-refractivity contribution >= 4 is 23.2 Å². The van der Waals surface area contributed by atoms with Gasteiger partial charge in [-0.05, 0) is 48.9 Å². The second kappa shape index (κ2) is 9.10. The SMILES string of the molecule is CC(=O)Nc1ccc(NC(=O)CN(C)C(c2cccnc2)C(C)C)cc1. The number of nitrogens with one attached hydrogen (secondary N) is 2. The van der Waals surface area contributed by atoms with Crippen LogP contribution in [0.15, 0.2) is 48.8 Å². The van der Waals surface area contributed by atoms with E-state index in [-0.39, 0.29) is 24.4 Å². The van der Waals surface area contributed by atoms with Crippen molar-refractivity contribution in [1.29, 1.82) is 0 Å². The molecule has 0 bridgehead atoms. The highest BCUT2D eigenvalue weighted by Crippen LogP contribution is 2.26. The minimum Gasteiger partial charge on any atom is -0.326 e. The Morgan fingerprint density at radius 1 is 1.08 bits per heavy atom. The van der Waals surface area contributed by atoms with Gasteiger partial charge in [0.05, 0.1) is 6.54 Å². The molecule has 1 atom stereocenters. The van der Waals surface area contributed by atoms with Gasteiger partial charge in [0.25, 0.3) is 0 Å². The number of rotatable bonds is 7. The first-order chi connectivity index (χ1) is 12.4. The summed E-state index contributed by atoms with van der Waals surface area (Å²) in [7, 11) is 1.94. The van der Waals surface area contributed by atoms with E-state index in [9.17, 15) is 9.59 Å². The highest BCUT2D eigenvalue weighted by Gasteiger charge is 2.22. The molecule has 1 unspecified atom stereocenters. The van der Waals surface area contributed by atoms with Gasteiger partial charge in [0.1, 0.15) is 0 Å². The first-order valence-electron chi connectivity index (χ1n) is 8.64. The maximum Gasteiger partial charge on any atom is 0.238 e. The summed E-state index contributed by atoms with van der Waals surface area (Å²) in [6.45, 7) is 5.99. The fourth-order valence-corrected chi connectivity index (χ4v) is 3.06. The maximum atomic E-state index is 12.4. The number of aromatic nitrogens is 1. The Kier molecular flexibility index (Phi) is 6.86. The first-order valence-corrected chi connectivity index (χ1v) is 8.64. The molecule has 0 aliphatic carbocycles. The van der Waals surface area contributed by atoms with Crippen molar-refractivity contribution in [3.8, 4) is 0 Å². The molecule has 2 aromatic rings. The zero-order valence-corrected chi connectivity index (χ0v) is 15.7. The predicted molar refractivity (Wildman–Crippen MR) is 104 cm³/mol. The number of amides is 2. The van der Waals surface area contributed by atoms with Gasteiger partial charge in [-0.1, -0.05) is 19.9 Å². The average Bonchev–Trinajstić information content (AvgIpc) is 2.57. The second-order valence-corrected chi connectivity index (χ2v) is 6.70. The van der Waals surface area contributed by atoms with Crippen LogP contribution in [0, 0.1) is 5.92 Å². The number of carbonyl (C=O) groups is 2. The quantitative estimate of drug-likeness (QED) is 0.800. The van der Waals surface area contributed by atoms with Crippen molar-refractivity contribution in [2.24, 2.45) is 5.92 Å². The Hall–Kier alpha value is -2.73. The Balaban J connectivity index is 1.98. The standard InChI is InChI=1S/C20H26N4O2/c1-14(2)20(16-6-5-11-21-12-16)24(4)13-19(26)23-18-9-7-17(8-10-18)22-15(3)25/h5-12,14,20H,13H2,1-4H3,(H,22,25)(H,23,26). The van der Waals surface area contributed by atoms with Crippen LogP contribution in [0.1, 0.15) is 32.4 Å². The van der Waals surface area contributed by atoms with Gasteiger partial charge in [-0.15, -0.1) is 0 Å². The molecule has 6 heteroatoms. The lowest BCUT2D eigenvalue weighted by atomic mass is 9.96. The molecule has 6 nitrogen and oxygen atoms in total. The molecule has 0 aliphatic heterocycles. The summed E-state index contributed by atoms with van der Waals surface area (Å²) < 4.78 is 0. The maximum absolute atomic E-state index is 12.4. The first kappa shape index (κ1) is 19.6. The average molecular weight is 354 g/mol. The molecule has 2 rings (SSSR count). The van der Waals surface area contributed by atoms with Crippen LogP contribution in [0.5, 0.6) is 0 Å². The van der Waals surface area contributed by atoms with Crippen LogP contribution in [0.3, 0.4) is 0 Å². The van der Waals surface area contributed by atoms with Crippen molar-refractivity contribution in [3.63, 3.8) is 0 Å². The third-order valence-corrected chi connectivity index (χ3v) is 4.01. The molecule has 0 aliphatic rings. The fourth-order valence-electron chi connectivity index (χ4n) is 3.06. The zero-order chi connectivity index (χ0) is 19.1. The van der Waals surface area contributed by atoms with Gasteiger partial charge in [-0.25, -0.2) is 0 Å². The second-order valence-electron chi connectivity index (χ2n) is 6.70. The van der Waals surface area contributed by atoms with Gasteiger partial charge in [0, 0.05) is 36.7 Å². The van der Waals surface area contributed by atoms with E-state index < -0.39 is 0 Å². The van der Waals surface area contributed by atoms with E-state index in [0.717, 1.165) is 5.56 Å². The van der Waals surface area contributed by atoms with Crippen molar-refractivity contribution in [2.75, 3.05) is 24.2 Å². The number of likely N-dealkylation sites (N-methyl/N-ethyl adjacent to an activating group) is 1. The van der Waals surface area contributed by atoms with Crippen molar-refractivity contribution in [3.05, 3.63) is 54.4 Å². The van der Waals surface area contributed by atoms with Crippen molar-refractivity contribution in [2.45, 2.75) is 26.8 Å². The monoisotopic (exact) mass is 354 g/mol. The number of hydrogen-bond acceptors (Lipinski definition) is 4. The van der Waals surface area contributed by atoms with Crippen LogP contribution in [0.2, 0.25) is 0 Å². The minimum absolute atomic E-state index is 0.0886. The van der Waals surface area contributed by atoms with Crippen LogP contribution >= 0.6 is 0 Å². The van der Waals surface area contributed by atoms with E-state index in [1.54, 1.807) is 30.5 Å². The molecule has 26 heavy (non-hydrogen) atoms. The molecule has 1 heterocycles. The molecular weight excluding hydrogens is 328 g/mol. The lowest BCUT2D eigenvalue weighted by molar-refractivity contribution is -0.117. The molecule has 1 aromatic heterocycles. The van der Waals surface area contributed by atoms with Gasteiger partial charge in [0.2, 0.25) is 11.8 Å². The molecule has 2 N–H and O–H groups in total. The van der Waals surface area contributed by atoms with Crippen LogP contribution in [0.25, 0.3) is 0 Å². The lowest BCUT2D eigenvalue weighted by Crippen LogP contribution is -2.35. The zero-order valence-electron chi connectivity index (χ0n) is 15.7. The van der Waals surface area contributed by atoms with E-state index in [2.05, 4.69) is 29.5 Å². The van der Waals surface area contributed by atoms with Crippen LogP contribution in [-0.2, 0) is 9.59 Å². The van der Waals surface area contributed by atoms with E-state index in [4.69, 9.17) is 0 Å². The topological polar surface area (TPSA) is 74.3 Å². The number of hydrogen-bond donors (Lipinski definition) is 2. The lowest BCUT2D eigenvalue weighted by Gasteiger charge is -2.30. The van der Waals surface area contributed by atoms with Crippen LogP contribution < -0.4 is 10.6 Å². The van der Waals surface area contributed by atoms with Gasteiger partial charge >= 0.3 is 0 Å². The molecule has 138 valence electrons. The number of benzene rings is 1. The number of anilines is 2. The number of carbonyl (C=O) groups excluding carboxylic acids is 2. The van der Waals surface area contributed by atoms with Crippen molar-refractivity contribution < 1.29 is 9.59 Å². The van der Waals surface area contributed by atoms with Gasteiger partial charge in [0.15, 0.2) is 0 Å². The van der Waals surface area contributed by atoms with E-state index in [1.165, 1.54) is 6.92 Å². The third-order valence-electron chi connectivity index (χ3n) is 4.01. The Morgan fingerprint density at radius 3 is 2.19 bits per heavy atom. The van der Waals surface area contributed by atoms with Gasteiger partial charge in [-0.2, -0.15) is 0 Å². The smallest absolute Gasteiger partial charge is 0.238 e. The van der Waals surface area contributed by atoms with Gasteiger partial charge < -0.3 is 10.6 Å². The van der Waals surface area contributed by atoms with E-state index in [1.807, 2.05) is 30.3 Å². The molecule has 0 radical (unpaired) electrons. The molecule has 0 saturated heterocycles. The fraction of sp³-hybridized carbons (Fsp3) is 0.350. The van der Waals surface area contributed by atoms with E-state index >= 15 is 0 Å². The Morgan fingerprint density at radius 2 is 1.69 bits per heavy atom. The number of nitrogens with zero attached hydrogens (tertiary/aromatic N) is 2. The van der Waals surface area contributed by atoms with Gasteiger partial charge in [-0.3, -0.25) is 19.5 Å². The van der Waals surface area contributed by atoms with Crippen molar-refractivity contribution in [1.82, 2.24) is 9.88 Å². The molecule has 0 fully saturated rings. The predicted octanol–water partition coefficient (Wildman–Crippen LogP) is 3.31. The molecule has 0 spiro atoms. The summed E-state index contributed by atoms with van der Waals surface area (Å²) in [6.07, 6.45) is 3.60. The summed E-state index contributed by atoms with van der Waals surface area (Å²) in [5.41, 5.74) is 2.49. The summed E-state index contributed by atoms with van der Waals surface area (Å²) in [4.78, 5) is 29.7. The molecular formula is C20H26N4O2. The summed E-state index contributed by atoms with van der Waals surface area (Å²) >= 11 is 0. The molecule has 1 aromatic carbocycles. The largest absolute Gasteiger partial charge is 0.326 e. The third kappa shape index (κ3) is 5.67. The number of pyridine rings is 1. The minimum atomic E-state index is -0.126. The summed E-state index contributed by atoms with van der Waals surface area (Å²) in [6, 6.07) is 11.1. The highest BCUT2D eigenvalue weighted by atomic mass is 16.2. The summed E-state index contributed by atoms with van der Waals surface area (Å²) in [5, 5.41) is 5.59. The Labute approximate surface area is 154 Å².